The van der Waals surface area contributed by atoms with E-state index >= 15 is 0 Å². The van der Waals surface area contributed by atoms with Gasteiger partial charge in [-0.05, 0) is 0 Å². The topological polar surface area (TPSA) is 133 Å². The van der Waals surface area contributed by atoms with Gasteiger partial charge in [-0.15, -0.1) is 0 Å². The molecule has 0 saturated heterocycles. The number of ether oxygens (including phenoxy) is 1. The Balaban J connectivity index is 0. The number of nitrogens with zero attached hydrogens (tertiary/aromatic N) is 2. The highest BCUT2D eigenvalue weighted by atomic mass is 16.6. The van der Waals surface area contributed by atoms with Gasteiger partial charge in [-0.1, -0.05) is 0 Å². The minimum absolute atomic E-state index is 0.0686. The summed E-state index contributed by atoms with van der Waals surface area (Å²) < 4.78 is 4.57. The van der Waals surface area contributed by atoms with Gasteiger partial charge in [0.25, 0.3) is 5.97 Å². The average molecular weight is 224 g/mol. The van der Waals surface area contributed by atoms with Crippen LogP contribution in [-0.2, 0) is 9.53 Å². The lowest BCUT2D eigenvalue weighted by Gasteiger charge is -1.95. The van der Waals surface area contributed by atoms with E-state index in [2.05, 4.69) is 4.74 Å². The maximum atomic E-state index is 9.69. The quantitative estimate of drug-likeness (QED) is 0.370. The van der Waals surface area contributed by atoms with Crippen molar-refractivity contribution in [3.63, 3.8) is 0 Å². The fraction of sp³-hybridized carbons (Fsp3) is 0.833. The summed E-state index contributed by atoms with van der Waals surface area (Å²) in [6, 6.07) is 0. The maximum Gasteiger partial charge on any atom is 0.300 e. The van der Waals surface area contributed by atoms with E-state index in [-0.39, 0.29) is 26.3 Å². The van der Waals surface area contributed by atoms with Crippen molar-refractivity contribution in [3.8, 4) is 0 Å². The first-order valence-electron chi connectivity index (χ1n) is 3.87. The van der Waals surface area contributed by atoms with Gasteiger partial charge in [0.1, 0.15) is 13.2 Å². The van der Waals surface area contributed by atoms with Gasteiger partial charge in [-0.2, -0.15) is 0 Å². The fourth-order valence-electron chi connectivity index (χ4n) is 0.380. The second kappa shape index (κ2) is 10.3. The van der Waals surface area contributed by atoms with E-state index in [4.69, 9.17) is 9.90 Å². The minimum Gasteiger partial charge on any atom is -0.481 e. The van der Waals surface area contributed by atoms with Gasteiger partial charge in [-0.25, -0.2) is 0 Å². The molecule has 0 aromatic heterocycles. The zero-order valence-corrected chi connectivity index (χ0v) is 8.12. The summed E-state index contributed by atoms with van der Waals surface area (Å²) in [5, 5.41) is 26.8. The molecule has 0 spiro atoms. The van der Waals surface area contributed by atoms with Gasteiger partial charge < -0.3 is 9.84 Å². The van der Waals surface area contributed by atoms with Crippen LogP contribution >= 0.6 is 0 Å². The molecule has 9 heteroatoms. The molecule has 0 heterocycles. The summed E-state index contributed by atoms with van der Waals surface area (Å²) in [5.74, 6) is -0.833. The van der Waals surface area contributed by atoms with Crippen molar-refractivity contribution in [1.82, 2.24) is 0 Å². The third-order valence-corrected chi connectivity index (χ3v) is 0.836. The molecule has 15 heavy (non-hydrogen) atoms. The Morgan fingerprint density at radius 2 is 1.47 bits per heavy atom. The highest BCUT2D eigenvalue weighted by Crippen LogP contribution is 1.77. The molecule has 0 bridgehead atoms. The Labute approximate surface area is 84.9 Å². The van der Waals surface area contributed by atoms with Gasteiger partial charge in [0, 0.05) is 16.8 Å². The summed E-state index contributed by atoms with van der Waals surface area (Å²) >= 11 is 0. The monoisotopic (exact) mass is 224 g/mol. The zero-order chi connectivity index (χ0) is 12.3. The summed E-state index contributed by atoms with van der Waals surface area (Å²) in [6.45, 7) is 0.330. The van der Waals surface area contributed by atoms with E-state index in [1.807, 2.05) is 0 Å². The first-order valence-corrected chi connectivity index (χ1v) is 3.87. The van der Waals surface area contributed by atoms with Crippen molar-refractivity contribution in [2.24, 2.45) is 0 Å². The molecule has 0 aliphatic carbocycles. The molecule has 0 aromatic carbocycles. The van der Waals surface area contributed by atoms with Gasteiger partial charge in [0.15, 0.2) is 0 Å². The fourth-order valence-corrected chi connectivity index (χ4v) is 0.380. The molecule has 1 N–H and O–H groups in total. The molecule has 0 fully saturated rings. The van der Waals surface area contributed by atoms with E-state index in [1.165, 1.54) is 0 Å². The number of nitro groups is 2. The molecule has 0 aliphatic heterocycles. The van der Waals surface area contributed by atoms with E-state index in [9.17, 15) is 20.2 Å². The van der Waals surface area contributed by atoms with Crippen LogP contribution in [0.5, 0.6) is 0 Å². The highest BCUT2D eigenvalue weighted by molar-refractivity contribution is 5.62. The van der Waals surface area contributed by atoms with E-state index in [0.29, 0.717) is 0 Å². The molecule has 0 aromatic rings. The Kier molecular flexibility index (Phi) is 10.8. The standard InChI is InChI=1S/C4H8N2O5.C2H4O2/c7-5(8)1-3-11-4-2-6(9)10;1-2(3)4/h1-4H2;1H3,(H,3,4). The van der Waals surface area contributed by atoms with Crippen molar-refractivity contribution in [2.45, 2.75) is 6.92 Å². The summed E-state index contributed by atoms with van der Waals surface area (Å²) in [7, 11) is 0. The van der Waals surface area contributed by atoms with Crippen molar-refractivity contribution in [1.29, 1.82) is 0 Å². The van der Waals surface area contributed by atoms with Crippen LogP contribution in [0.1, 0.15) is 6.92 Å². The molecule has 0 radical (unpaired) electrons. The number of rotatable bonds is 6. The van der Waals surface area contributed by atoms with Gasteiger partial charge in [0.05, 0.1) is 0 Å². The van der Waals surface area contributed by atoms with Crippen LogP contribution in [0.2, 0.25) is 0 Å². The van der Waals surface area contributed by atoms with Crippen molar-refractivity contribution in [2.75, 3.05) is 26.3 Å². The van der Waals surface area contributed by atoms with E-state index in [0.717, 1.165) is 6.92 Å². The molecular weight excluding hydrogens is 212 g/mol. The Morgan fingerprint density at radius 1 is 1.20 bits per heavy atom. The SMILES string of the molecule is CC(=O)O.O=[N+]([O-])CCOCC[N+](=O)[O-]. The average Bonchev–Trinajstić information content (AvgIpc) is 2.01. The summed E-state index contributed by atoms with van der Waals surface area (Å²) in [5.41, 5.74) is 0. The van der Waals surface area contributed by atoms with E-state index < -0.39 is 15.8 Å². The largest absolute Gasteiger partial charge is 0.481 e. The minimum atomic E-state index is -0.833. The predicted molar refractivity (Wildman–Crippen MR) is 47.9 cm³/mol. The van der Waals surface area contributed by atoms with Crippen LogP contribution in [0.25, 0.3) is 0 Å². The third-order valence-electron chi connectivity index (χ3n) is 0.836. The number of hydrogen-bond acceptors (Lipinski definition) is 6. The molecular formula is C6H12N2O7. The normalized spacial score (nSPS) is 8.60. The van der Waals surface area contributed by atoms with Crippen LogP contribution in [0.3, 0.4) is 0 Å². The molecule has 0 rings (SSSR count). The first kappa shape index (κ1) is 15.7. The van der Waals surface area contributed by atoms with Crippen molar-refractivity contribution in [3.05, 3.63) is 20.2 Å². The number of aliphatic carboxylic acids is 1. The Bertz CT molecular complexity index is 198. The summed E-state index contributed by atoms with van der Waals surface area (Å²) in [4.78, 5) is 27.3. The second-order valence-corrected chi connectivity index (χ2v) is 2.24. The Hall–Kier alpha value is -1.77. The number of hydrogen-bond donors (Lipinski definition) is 1. The maximum absolute atomic E-state index is 9.69. The van der Waals surface area contributed by atoms with Crippen LogP contribution in [0.4, 0.5) is 0 Å². The lowest BCUT2D eigenvalue weighted by atomic mass is 10.7. The highest BCUT2D eigenvalue weighted by Gasteiger charge is 1.99. The molecule has 0 aliphatic rings. The lowest BCUT2D eigenvalue weighted by molar-refractivity contribution is -0.493. The molecule has 0 amide bonds. The molecule has 0 unspecified atom stereocenters. The summed E-state index contributed by atoms with van der Waals surface area (Å²) in [6.07, 6.45) is 0. The zero-order valence-electron chi connectivity index (χ0n) is 8.12. The molecule has 9 nitrogen and oxygen atoms in total. The van der Waals surface area contributed by atoms with Crippen LogP contribution in [-0.4, -0.2) is 47.2 Å². The molecule has 88 valence electrons. The number of carboxylic acids is 1. The smallest absolute Gasteiger partial charge is 0.300 e. The van der Waals surface area contributed by atoms with Crippen molar-refractivity contribution < 1.29 is 24.5 Å². The van der Waals surface area contributed by atoms with Crippen LogP contribution < -0.4 is 0 Å². The first-order chi connectivity index (χ1) is 6.86. The van der Waals surface area contributed by atoms with Gasteiger partial charge >= 0.3 is 0 Å². The number of carboxylic acid groups (broad SMARTS) is 1. The van der Waals surface area contributed by atoms with Gasteiger partial charge in [-0.3, -0.25) is 25.0 Å². The second-order valence-electron chi connectivity index (χ2n) is 2.24. The van der Waals surface area contributed by atoms with Crippen molar-refractivity contribution >= 4 is 5.97 Å². The molecule has 0 saturated carbocycles. The predicted octanol–water partition coefficient (Wildman–Crippen LogP) is -0.353. The van der Waals surface area contributed by atoms with E-state index in [1.54, 1.807) is 0 Å². The van der Waals surface area contributed by atoms with Crippen LogP contribution in [0.15, 0.2) is 0 Å². The lowest BCUT2D eigenvalue weighted by Crippen LogP contribution is -2.14. The molecule has 0 atom stereocenters. The number of carbonyl (C=O) groups is 1. The van der Waals surface area contributed by atoms with Gasteiger partial charge in [0.2, 0.25) is 13.1 Å². The van der Waals surface area contributed by atoms with Crippen LogP contribution in [0, 0.1) is 20.2 Å². The Morgan fingerprint density at radius 3 is 1.67 bits per heavy atom. The third kappa shape index (κ3) is 33.0.